The highest BCUT2D eigenvalue weighted by atomic mass is 16.5. The van der Waals surface area contributed by atoms with Gasteiger partial charge in [-0.15, -0.1) is 0 Å². The van der Waals surface area contributed by atoms with Crippen molar-refractivity contribution in [3.05, 3.63) is 23.9 Å². The van der Waals surface area contributed by atoms with Gasteiger partial charge in [-0.05, 0) is 24.9 Å². The Labute approximate surface area is 128 Å². The predicted octanol–water partition coefficient (Wildman–Crippen LogP) is 2.26. The molecule has 0 unspecified atom stereocenters. The summed E-state index contributed by atoms with van der Waals surface area (Å²) in [6.07, 6.45) is 2.66. The maximum atomic E-state index is 5.69. The van der Waals surface area contributed by atoms with Gasteiger partial charge in [0.2, 0.25) is 5.88 Å². The fourth-order valence-electron chi connectivity index (χ4n) is 1.79. The molecule has 1 aromatic rings. The number of pyridine rings is 1. The molecule has 0 bridgehead atoms. The van der Waals surface area contributed by atoms with E-state index in [1.807, 2.05) is 12.1 Å². The quantitative estimate of drug-likeness (QED) is 0.600. The van der Waals surface area contributed by atoms with E-state index in [9.17, 15) is 0 Å². The lowest BCUT2D eigenvalue weighted by Crippen LogP contribution is -2.20. The summed E-state index contributed by atoms with van der Waals surface area (Å²) in [5.41, 5.74) is 1.08. The Hall–Kier alpha value is -1.17. The van der Waals surface area contributed by atoms with Crippen LogP contribution < -0.4 is 10.1 Å². The van der Waals surface area contributed by atoms with Gasteiger partial charge in [-0.25, -0.2) is 4.98 Å². The van der Waals surface area contributed by atoms with Crippen molar-refractivity contribution < 1.29 is 14.2 Å². The normalized spacial score (nSPS) is 11.0. The van der Waals surface area contributed by atoms with Crippen molar-refractivity contribution >= 4 is 0 Å². The lowest BCUT2D eigenvalue weighted by molar-refractivity contribution is 0.0793. The molecule has 0 spiro atoms. The first-order chi connectivity index (χ1) is 10.2. The van der Waals surface area contributed by atoms with E-state index >= 15 is 0 Å². The maximum Gasteiger partial charge on any atom is 0.217 e. The van der Waals surface area contributed by atoms with Gasteiger partial charge in [0.05, 0.1) is 6.61 Å². The highest BCUT2D eigenvalue weighted by molar-refractivity contribution is 5.25. The molecule has 0 aliphatic carbocycles. The molecule has 1 N–H and O–H groups in total. The Balaban J connectivity index is 2.24. The number of hydrogen-bond donors (Lipinski definition) is 1. The van der Waals surface area contributed by atoms with Gasteiger partial charge < -0.3 is 19.5 Å². The molecule has 21 heavy (non-hydrogen) atoms. The van der Waals surface area contributed by atoms with E-state index < -0.39 is 0 Å². The number of ether oxygens (including phenoxy) is 3. The molecule has 0 amide bonds. The molecule has 5 heteroatoms. The summed E-state index contributed by atoms with van der Waals surface area (Å²) in [5.74, 6) is 1.32. The summed E-state index contributed by atoms with van der Waals surface area (Å²) >= 11 is 0. The van der Waals surface area contributed by atoms with E-state index in [4.69, 9.17) is 14.2 Å². The molecule has 0 aromatic carbocycles. The molecular formula is C16H28N2O3. The second-order valence-electron chi connectivity index (χ2n) is 5.30. The predicted molar refractivity (Wildman–Crippen MR) is 83.6 cm³/mol. The molecule has 120 valence electrons. The summed E-state index contributed by atoms with van der Waals surface area (Å²) in [6, 6.07) is 3.97. The molecular weight excluding hydrogens is 268 g/mol. The standard InChI is InChI=1S/C16H28N2O3/c1-14(2)12-17-13-15-6-4-7-18-16(15)21-11-10-20-9-5-8-19-3/h4,6-7,14,17H,5,8-13H2,1-3H3. The molecule has 1 heterocycles. The van der Waals surface area contributed by atoms with E-state index in [0.717, 1.165) is 31.7 Å². The van der Waals surface area contributed by atoms with E-state index in [0.29, 0.717) is 31.6 Å². The Morgan fingerprint density at radius 2 is 2.05 bits per heavy atom. The maximum absolute atomic E-state index is 5.69. The average molecular weight is 296 g/mol. The molecule has 0 atom stereocenters. The Morgan fingerprint density at radius 1 is 1.19 bits per heavy atom. The summed E-state index contributed by atoms with van der Waals surface area (Å²) in [6.45, 7) is 8.64. The van der Waals surface area contributed by atoms with Crippen LogP contribution in [-0.2, 0) is 16.0 Å². The van der Waals surface area contributed by atoms with Crippen LogP contribution in [-0.4, -0.2) is 45.1 Å². The molecule has 5 nitrogen and oxygen atoms in total. The topological polar surface area (TPSA) is 52.6 Å². The lowest BCUT2D eigenvalue weighted by atomic mass is 10.2. The van der Waals surface area contributed by atoms with Crippen molar-refractivity contribution in [2.24, 2.45) is 5.92 Å². The van der Waals surface area contributed by atoms with Crippen molar-refractivity contribution in [2.75, 3.05) is 40.1 Å². The van der Waals surface area contributed by atoms with E-state index in [2.05, 4.69) is 24.1 Å². The molecule has 1 aromatic heterocycles. The van der Waals surface area contributed by atoms with Crippen LogP contribution in [0.2, 0.25) is 0 Å². The van der Waals surface area contributed by atoms with Crippen LogP contribution in [0.3, 0.4) is 0 Å². The number of nitrogens with zero attached hydrogens (tertiary/aromatic N) is 1. The fourth-order valence-corrected chi connectivity index (χ4v) is 1.79. The van der Waals surface area contributed by atoms with Gasteiger partial charge in [-0.1, -0.05) is 19.9 Å². The van der Waals surface area contributed by atoms with Gasteiger partial charge in [0, 0.05) is 38.6 Å². The van der Waals surface area contributed by atoms with Gasteiger partial charge in [0.1, 0.15) is 6.61 Å². The van der Waals surface area contributed by atoms with Gasteiger partial charge in [-0.2, -0.15) is 0 Å². The zero-order chi connectivity index (χ0) is 15.3. The minimum atomic E-state index is 0.515. The molecule has 0 saturated carbocycles. The molecule has 0 radical (unpaired) electrons. The summed E-state index contributed by atoms with van der Waals surface area (Å²) in [4.78, 5) is 4.29. The van der Waals surface area contributed by atoms with Gasteiger partial charge in [0.15, 0.2) is 0 Å². The second-order valence-corrected chi connectivity index (χ2v) is 5.30. The highest BCUT2D eigenvalue weighted by Crippen LogP contribution is 2.13. The third-order valence-corrected chi connectivity index (χ3v) is 2.82. The third-order valence-electron chi connectivity index (χ3n) is 2.82. The summed E-state index contributed by atoms with van der Waals surface area (Å²) < 4.78 is 16.1. The fraction of sp³-hybridized carbons (Fsp3) is 0.688. The second kappa shape index (κ2) is 11.5. The number of hydrogen-bond acceptors (Lipinski definition) is 5. The van der Waals surface area contributed by atoms with E-state index in [-0.39, 0.29) is 0 Å². The lowest BCUT2D eigenvalue weighted by Gasteiger charge is -2.12. The smallest absolute Gasteiger partial charge is 0.217 e. The Morgan fingerprint density at radius 3 is 2.81 bits per heavy atom. The minimum Gasteiger partial charge on any atom is -0.475 e. The van der Waals surface area contributed by atoms with Crippen LogP contribution in [0.1, 0.15) is 25.8 Å². The van der Waals surface area contributed by atoms with Crippen LogP contribution in [0.15, 0.2) is 18.3 Å². The summed E-state index contributed by atoms with van der Waals surface area (Å²) in [5, 5.41) is 3.40. The van der Waals surface area contributed by atoms with Crippen molar-refractivity contribution in [3.63, 3.8) is 0 Å². The number of nitrogens with one attached hydrogen (secondary N) is 1. The van der Waals surface area contributed by atoms with Crippen molar-refractivity contribution in [1.82, 2.24) is 10.3 Å². The monoisotopic (exact) mass is 296 g/mol. The zero-order valence-electron chi connectivity index (χ0n) is 13.4. The molecule has 0 aliphatic heterocycles. The first-order valence-corrected chi connectivity index (χ1v) is 7.58. The molecule has 0 saturated heterocycles. The van der Waals surface area contributed by atoms with Gasteiger partial charge in [-0.3, -0.25) is 0 Å². The highest BCUT2D eigenvalue weighted by Gasteiger charge is 2.04. The van der Waals surface area contributed by atoms with Crippen molar-refractivity contribution in [1.29, 1.82) is 0 Å². The van der Waals surface area contributed by atoms with Gasteiger partial charge >= 0.3 is 0 Å². The zero-order valence-corrected chi connectivity index (χ0v) is 13.4. The van der Waals surface area contributed by atoms with E-state index in [1.165, 1.54) is 0 Å². The van der Waals surface area contributed by atoms with Crippen LogP contribution in [0.25, 0.3) is 0 Å². The van der Waals surface area contributed by atoms with Crippen LogP contribution in [0.5, 0.6) is 5.88 Å². The molecule has 1 rings (SSSR count). The third kappa shape index (κ3) is 8.65. The van der Waals surface area contributed by atoms with Gasteiger partial charge in [0.25, 0.3) is 0 Å². The van der Waals surface area contributed by atoms with Crippen molar-refractivity contribution in [2.45, 2.75) is 26.8 Å². The van der Waals surface area contributed by atoms with E-state index in [1.54, 1.807) is 13.3 Å². The van der Waals surface area contributed by atoms with Crippen LogP contribution in [0, 0.1) is 5.92 Å². The Kier molecular flexibility index (Phi) is 9.78. The summed E-state index contributed by atoms with van der Waals surface area (Å²) in [7, 11) is 1.69. The Bertz CT molecular complexity index is 372. The number of aromatic nitrogens is 1. The molecule has 0 aliphatic rings. The average Bonchev–Trinajstić information content (AvgIpc) is 2.47. The number of methoxy groups -OCH3 is 1. The van der Waals surface area contributed by atoms with Crippen molar-refractivity contribution in [3.8, 4) is 5.88 Å². The molecule has 0 fully saturated rings. The minimum absolute atomic E-state index is 0.515. The largest absolute Gasteiger partial charge is 0.475 e. The van der Waals surface area contributed by atoms with Crippen LogP contribution in [0.4, 0.5) is 0 Å². The SMILES string of the molecule is COCCCOCCOc1ncccc1CNCC(C)C. The van der Waals surface area contributed by atoms with Crippen LogP contribution >= 0.6 is 0 Å². The first-order valence-electron chi connectivity index (χ1n) is 7.58. The number of rotatable bonds is 12. The first kappa shape index (κ1) is 17.9.